The topological polar surface area (TPSA) is 68.9 Å². The Morgan fingerprint density at radius 1 is 0.912 bits per heavy atom. The highest BCUT2D eigenvalue weighted by molar-refractivity contribution is 6.07. The molecule has 0 atom stereocenters. The molecule has 5 rings (SSSR count). The van der Waals surface area contributed by atoms with Crippen LogP contribution in [0.2, 0.25) is 0 Å². The maximum atomic E-state index is 14.4. The van der Waals surface area contributed by atoms with Crippen LogP contribution in [0.5, 0.6) is 0 Å². The van der Waals surface area contributed by atoms with Crippen molar-refractivity contribution in [1.29, 1.82) is 0 Å². The number of hydrogen-bond donors (Lipinski definition) is 1. The molecule has 34 heavy (non-hydrogen) atoms. The molecule has 0 saturated carbocycles. The van der Waals surface area contributed by atoms with E-state index >= 15 is 0 Å². The Bertz CT molecular complexity index is 1540. The molecular formula is C27H23FN4O2. The van der Waals surface area contributed by atoms with Gasteiger partial charge in [0.05, 0.1) is 12.7 Å². The summed E-state index contributed by atoms with van der Waals surface area (Å²) in [4.78, 5) is 25.9. The molecule has 0 aliphatic rings. The van der Waals surface area contributed by atoms with Gasteiger partial charge in [0.2, 0.25) is 5.91 Å². The van der Waals surface area contributed by atoms with Crippen LogP contribution in [0.3, 0.4) is 0 Å². The number of nitrogens with zero attached hydrogens (tertiary/aromatic N) is 3. The van der Waals surface area contributed by atoms with Crippen LogP contribution in [-0.2, 0) is 24.3 Å². The summed E-state index contributed by atoms with van der Waals surface area (Å²) in [5.41, 5.74) is 2.42. The van der Waals surface area contributed by atoms with Crippen LogP contribution < -0.4 is 10.9 Å². The van der Waals surface area contributed by atoms with Crippen LogP contribution in [0.4, 0.5) is 4.39 Å². The van der Waals surface area contributed by atoms with Gasteiger partial charge in [0, 0.05) is 28.4 Å². The maximum absolute atomic E-state index is 14.4. The molecule has 0 saturated heterocycles. The van der Waals surface area contributed by atoms with Crippen molar-refractivity contribution >= 4 is 27.7 Å². The number of fused-ring (bicyclic) bond motifs is 3. The van der Waals surface area contributed by atoms with Gasteiger partial charge in [0.1, 0.15) is 17.9 Å². The monoisotopic (exact) mass is 454 g/mol. The highest BCUT2D eigenvalue weighted by Crippen LogP contribution is 2.27. The van der Waals surface area contributed by atoms with Crippen LogP contribution >= 0.6 is 0 Å². The summed E-state index contributed by atoms with van der Waals surface area (Å²) in [5.74, 6) is -0.623. The van der Waals surface area contributed by atoms with Crippen molar-refractivity contribution in [2.75, 3.05) is 6.54 Å². The molecular weight excluding hydrogens is 431 g/mol. The summed E-state index contributed by atoms with van der Waals surface area (Å²) in [6, 6.07) is 24.0. The van der Waals surface area contributed by atoms with E-state index in [9.17, 15) is 14.0 Å². The van der Waals surface area contributed by atoms with E-state index in [1.807, 2.05) is 54.6 Å². The van der Waals surface area contributed by atoms with E-state index in [1.165, 1.54) is 6.07 Å². The molecule has 0 fully saturated rings. The van der Waals surface area contributed by atoms with E-state index in [1.54, 1.807) is 29.0 Å². The second-order valence-electron chi connectivity index (χ2n) is 8.15. The number of nitrogens with one attached hydrogen (secondary N) is 1. The average Bonchev–Trinajstić information content (AvgIpc) is 3.17. The number of halogens is 1. The summed E-state index contributed by atoms with van der Waals surface area (Å²) in [7, 11) is 0. The molecule has 0 aliphatic carbocycles. The minimum absolute atomic E-state index is 0.190. The second kappa shape index (κ2) is 9.31. The number of amides is 1. The van der Waals surface area contributed by atoms with Gasteiger partial charge in [-0.05, 0) is 24.1 Å². The molecule has 1 amide bonds. The van der Waals surface area contributed by atoms with Gasteiger partial charge < -0.3 is 9.88 Å². The standard InChI is InChI=1S/C27H23FN4O2/c28-23-12-6-4-10-20(23)17-31-24-13-7-5-11-21(24)22-16-30-32(27(34)26(22)31)18-25(33)29-15-14-19-8-2-1-3-9-19/h1-13,16H,14-15,17-18H2,(H,29,33). The highest BCUT2D eigenvalue weighted by atomic mass is 19.1. The molecule has 0 radical (unpaired) electrons. The van der Waals surface area contributed by atoms with Crippen molar-refractivity contribution in [3.8, 4) is 0 Å². The van der Waals surface area contributed by atoms with Crippen LogP contribution in [0.1, 0.15) is 11.1 Å². The first-order valence-corrected chi connectivity index (χ1v) is 11.1. The number of aromatic nitrogens is 3. The largest absolute Gasteiger partial charge is 0.354 e. The molecule has 5 aromatic rings. The smallest absolute Gasteiger partial charge is 0.291 e. The number of para-hydroxylation sites is 1. The number of carbonyl (C=O) groups excluding carboxylic acids is 1. The zero-order valence-electron chi connectivity index (χ0n) is 18.4. The molecule has 0 bridgehead atoms. The van der Waals surface area contributed by atoms with Gasteiger partial charge in [-0.3, -0.25) is 9.59 Å². The number of rotatable bonds is 7. The molecule has 7 heteroatoms. The average molecular weight is 455 g/mol. The normalized spacial score (nSPS) is 11.2. The Kier molecular flexibility index (Phi) is 5.91. The van der Waals surface area contributed by atoms with Crippen LogP contribution in [0.15, 0.2) is 89.9 Å². The molecule has 2 heterocycles. The summed E-state index contributed by atoms with van der Waals surface area (Å²) in [5, 5.41) is 8.64. The lowest BCUT2D eigenvalue weighted by Crippen LogP contribution is -2.35. The first-order chi connectivity index (χ1) is 16.6. The molecule has 2 aromatic heterocycles. The minimum Gasteiger partial charge on any atom is -0.354 e. The lowest BCUT2D eigenvalue weighted by atomic mass is 10.1. The van der Waals surface area contributed by atoms with Gasteiger partial charge in [0.15, 0.2) is 0 Å². The Balaban J connectivity index is 1.46. The maximum Gasteiger partial charge on any atom is 0.291 e. The second-order valence-corrected chi connectivity index (χ2v) is 8.15. The zero-order valence-corrected chi connectivity index (χ0v) is 18.4. The summed E-state index contributed by atoms with van der Waals surface area (Å²) < 4.78 is 17.4. The first-order valence-electron chi connectivity index (χ1n) is 11.1. The fourth-order valence-corrected chi connectivity index (χ4v) is 4.25. The van der Waals surface area contributed by atoms with Gasteiger partial charge >= 0.3 is 0 Å². The Morgan fingerprint density at radius 2 is 1.65 bits per heavy atom. The van der Waals surface area contributed by atoms with Gasteiger partial charge in [-0.2, -0.15) is 5.10 Å². The molecule has 6 nitrogen and oxygen atoms in total. The predicted octanol–water partition coefficient (Wildman–Crippen LogP) is 3.90. The molecule has 0 spiro atoms. The van der Waals surface area contributed by atoms with Gasteiger partial charge in [-0.1, -0.05) is 66.7 Å². The van der Waals surface area contributed by atoms with Crippen LogP contribution in [0.25, 0.3) is 21.8 Å². The van der Waals surface area contributed by atoms with Crippen molar-refractivity contribution in [2.45, 2.75) is 19.5 Å². The fourth-order valence-electron chi connectivity index (χ4n) is 4.25. The van der Waals surface area contributed by atoms with E-state index in [2.05, 4.69) is 10.4 Å². The van der Waals surface area contributed by atoms with Gasteiger partial charge in [0.25, 0.3) is 5.56 Å². The van der Waals surface area contributed by atoms with Crippen molar-refractivity contribution < 1.29 is 9.18 Å². The van der Waals surface area contributed by atoms with Gasteiger partial charge in [-0.25, -0.2) is 9.07 Å². The fraction of sp³-hybridized carbons (Fsp3) is 0.148. The van der Waals surface area contributed by atoms with E-state index in [0.717, 1.165) is 21.1 Å². The van der Waals surface area contributed by atoms with Crippen molar-refractivity contribution in [1.82, 2.24) is 19.7 Å². The summed E-state index contributed by atoms with van der Waals surface area (Å²) in [6.07, 6.45) is 2.30. The lowest BCUT2D eigenvalue weighted by molar-refractivity contribution is -0.121. The van der Waals surface area contributed by atoms with E-state index in [4.69, 9.17) is 0 Å². The van der Waals surface area contributed by atoms with Crippen LogP contribution in [0, 0.1) is 5.82 Å². The molecule has 0 aliphatic heterocycles. The van der Waals surface area contributed by atoms with E-state index < -0.39 is 0 Å². The van der Waals surface area contributed by atoms with Crippen molar-refractivity contribution in [3.63, 3.8) is 0 Å². The molecule has 170 valence electrons. The molecule has 1 N–H and O–H groups in total. The predicted molar refractivity (Wildman–Crippen MR) is 130 cm³/mol. The van der Waals surface area contributed by atoms with Crippen LogP contribution in [-0.4, -0.2) is 26.8 Å². The highest BCUT2D eigenvalue weighted by Gasteiger charge is 2.18. The van der Waals surface area contributed by atoms with Crippen molar-refractivity contribution in [3.05, 3.63) is 112 Å². The molecule has 3 aromatic carbocycles. The zero-order chi connectivity index (χ0) is 23.5. The number of benzene rings is 3. The number of hydrogen-bond acceptors (Lipinski definition) is 3. The minimum atomic E-state index is -0.386. The number of carbonyl (C=O) groups is 1. The van der Waals surface area contributed by atoms with Gasteiger partial charge in [-0.15, -0.1) is 0 Å². The Labute approximate surface area is 195 Å². The third kappa shape index (κ3) is 4.20. The Morgan fingerprint density at radius 3 is 2.47 bits per heavy atom. The third-order valence-corrected chi connectivity index (χ3v) is 5.93. The first kappa shape index (κ1) is 21.6. The summed E-state index contributed by atoms with van der Waals surface area (Å²) >= 11 is 0. The third-order valence-electron chi connectivity index (χ3n) is 5.93. The SMILES string of the molecule is O=C(Cn1ncc2c3ccccc3n(Cc3ccccc3F)c2c1=O)NCCc1ccccc1. The summed E-state index contributed by atoms with van der Waals surface area (Å²) in [6.45, 7) is 0.470. The van der Waals surface area contributed by atoms with E-state index in [0.29, 0.717) is 29.4 Å². The molecule has 0 unspecified atom stereocenters. The van der Waals surface area contributed by atoms with E-state index in [-0.39, 0.29) is 30.4 Å². The lowest BCUT2D eigenvalue weighted by Gasteiger charge is -2.10. The quantitative estimate of drug-likeness (QED) is 0.406. The van der Waals surface area contributed by atoms with Crippen molar-refractivity contribution in [2.24, 2.45) is 0 Å². The Hall–Kier alpha value is -4.26.